The zero-order chi connectivity index (χ0) is 14.6. The van der Waals surface area contributed by atoms with E-state index in [4.69, 9.17) is 4.74 Å². The monoisotopic (exact) mass is 295 g/mol. The normalized spacial score (nSPS) is 15.7. The Hall–Kier alpha value is -1.56. The number of carbonyl (C=O) groups is 1. The Morgan fingerprint density at radius 2 is 2.15 bits per heavy atom. The van der Waals surface area contributed by atoms with E-state index in [-0.39, 0.29) is 22.0 Å². The summed E-state index contributed by atoms with van der Waals surface area (Å²) >= 11 is 1.65. The highest BCUT2D eigenvalue weighted by Gasteiger charge is 2.44. The van der Waals surface area contributed by atoms with E-state index in [1.54, 1.807) is 23.9 Å². The number of ether oxygens (including phenoxy) is 1. The van der Waals surface area contributed by atoms with Crippen molar-refractivity contribution in [2.24, 2.45) is 5.41 Å². The summed E-state index contributed by atoms with van der Waals surface area (Å²) in [6.45, 7) is 0. The van der Waals surface area contributed by atoms with Gasteiger partial charge < -0.3 is 4.74 Å². The largest absolute Gasteiger partial charge is 0.469 e. The van der Waals surface area contributed by atoms with Gasteiger partial charge in [0.05, 0.1) is 18.5 Å². The number of methoxy groups -OCH3 is 1. The molecular formula is C14H17NO4S. The highest BCUT2D eigenvalue weighted by atomic mass is 32.2. The average Bonchev–Trinajstić information content (AvgIpc) is 3.18. The molecule has 0 unspecified atom stereocenters. The van der Waals surface area contributed by atoms with Gasteiger partial charge in [0.2, 0.25) is 0 Å². The molecule has 108 valence electrons. The first kappa shape index (κ1) is 14.8. The van der Waals surface area contributed by atoms with Crippen molar-refractivity contribution < 1.29 is 14.5 Å². The summed E-state index contributed by atoms with van der Waals surface area (Å²) < 4.78 is 4.70. The van der Waals surface area contributed by atoms with Gasteiger partial charge in [0.1, 0.15) is 0 Å². The van der Waals surface area contributed by atoms with Gasteiger partial charge in [0.15, 0.2) is 0 Å². The molecule has 0 spiro atoms. The molecule has 1 saturated carbocycles. The van der Waals surface area contributed by atoms with Gasteiger partial charge in [0, 0.05) is 17.4 Å². The van der Waals surface area contributed by atoms with Crippen LogP contribution in [0, 0.1) is 15.5 Å². The van der Waals surface area contributed by atoms with Crippen LogP contribution in [0.5, 0.6) is 0 Å². The molecule has 1 aromatic carbocycles. The first-order valence-corrected chi connectivity index (χ1v) is 7.59. The Bertz CT molecular complexity index is 514. The van der Waals surface area contributed by atoms with Gasteiger partial charge in [-0.2, -0.15) is 11.8 Å². The lowest BCUT2D eigenvalue weighted by molar-refractivity contribution is -0.385. The Morgan fingerprint density at radius 1 is 1.45 bits per heavy atom. The average molecular weight is 295 g/mol. The lowest BCUT2D eigenvalue weighted by Gasteiger charge is -2.12. The van der Waals surface area contributed by atoms with Crippen LogP contribution in [0.15, 0.2) is 24.3 Å². The van der Waals surface area contributed by atoms with Crippen LogP contribution in [0.3, 0.4) is 0 Å². The standard InChI is InChI=1S/C14H17NO4S/c1-19-13(16)8-14(6-7-14)10-20-9-11-4-2-3-5-12(11)15(17)18/h2-5H,6-10H2,1H3. The summed E-state index contributed by atoms with van der Waals surface area (Å²) in [7, 11) is 1.40. The molecule has 0 bridgehead atoms. The molecule has 1 aromatic rings. The predicted octanol–water partition coefficient (Wildman–Crippen LogP) is 3.17. The van der Waals surface area contributed by atoms with Gasteiger partial charge in [-0.1, -0.05) is 18.2 Å². The second-order valence-corrected chi connectivity index (χ2v) is 6.12. The maximum Gasteiger partial charge on any atom is 0.306 e. The zero-order valence-corrected chi connectivity index (χ0v) is 12.1. The lowest BCUT2D eigenvalue weighted by atomic mass is 10.1. The van der Waals surface area contributed by atoms with Gasteiger partial charge in [-0.15, -0.1) is 0 Å². The van der Waals surface area contributed by atoms with Gasteiger partial charge >= 0.3 is 5.97 Å². The highest BCUT2D eigenvalue weighted by molar-refractivity contribution is 7.98. The maximum atomic E-state index is 11.3. The molecule has 0 aliphatic heterocycles. The molecule has 2 rings (SSSR count). The van der Waals surface area contributed by atoms with E-state index in [0.717, 1.165) is 24.2 Å². The van der Waals surface area contributed by atoms with Crippen molar-refractivity contribution in [3.8, 4) is 0 Å². The van der Waals surface area contributed by atoms with Crippen LogP contribution in [-0.4, -0.2) is 23.8 Å². The van der Waals surface area contributed by atoms with E-state index in [1.165, 1.54) is 13.2 Å². The SMILES string of the molecule is COC(=O)CC1(CSCc2ccccc2[N+](=O)[O-])CC1. The van der Waals surface area contributed by atoms with Gasteiger partial charge in [-0.3, -0.25) is 14.9 Å². The van der Waals surface area contributed by atoms with E-state index in [0.29, 0.717) is 12.2 Å². The van der Waals surface area contributed by atoms with E-state index in [1.807, 2.05) is 6.07 Å². The van der Waals surface area contributed by atoms with Gasteiger partial charge in [0.25, 0.3) is 5.69 Å². The molecule has 1 fully saturated rings. The number of hydrogen-bond donors (Lipinski definition) is 0. The molecule has 20 heavy (non-hydrogen) atoms. The fourth-order valence-electron chi connectivity index (χ4n) is 2.12. The molecular weight excluding hydrogens is 278 g/mol. The van der Waals surface area contributed by atoms with Gasteiger partial charge in [-0.05, 0) is 24.0 Å². The van der Waals surface area contributed by atoms with E-state index in [9.17, 15) is 14.9 Å². The van der Waals surface area contributed by atoms with Crippen molar-refractivity contribution in [1.82, 2.24) is 0 Å². The number of para-hydroxylation sites is 1. The molecule has 0 atom stereocenters. The molecule has 0 radical (unpaired) electrons. The molecule has 0 saturated heterocycles. The Morgan fingerprint density at radius 3 is 2.75 bits per heavy atom. The van der Waals surface area contributed by atoms with Crippen molar-refractivity contribution in [3.63, 3.8) is 0 Å². The van der Waals surface area contributed by atoms with Crippen LogP contribution in [-0.2, 0) is 15.3 Å². The molecule has 0 amide bonds. The summed E-state index contributed by atoms with van der Waals surface area (Å²) in [5.74, 6) is 1.27. The van der Waals surface area contributed by atoms with Crippen molar-refractivity contribution in [1.29, 1.82) is 0 Å². The summed E-state index contributed by atoms with van der Waals surface area (Å²) in [6, 6.07) is 6.79. The molecule has 1 aliphatic carbocycles. The van der Waals surface area contributed by atoms with Crippen molar-refractivity contribution in [3.05, 3.63) is 39.9 Å². The third-order valence-corrected chi connectivity index (χ3v) is 4.89. The van der Waals surface area contributed by atoms with E-state index >= 15 is 0 Å². The summed E-state index contributed by atoms with van der Waals surface area (Å²) in [6.07, 6.45) is 2.52. The third-order valence-electron chi connectivity index (χ3n) is 3.56. The number of rotatable bonds is 7. The lowest BCUT2D eigenvalue weighted by Crippen LogP contribution is -2.13. The molecule has 0 heterocycles. The number of nitro benzene ring substituents is 1. The summed E-state index contributed by atoms with van der Waals surface area (Å²) in [5.41, 5.74) is 0.954. The van der Waals surface area contributed by atoms with Crippen LogP contribution < -0.4 is 0 Å². The number of thioether (sulfide) groups is 1. The minimum atomic E-state index is -0.350. The van der Waals surface area contributed by atoms with Crippen molar-refractivity contribution in [2.75, 3.05) is 12.9 Å². The number of carbonyl (C=O) groups excluding carboxylic acids is 1. The number of esters is 1. The van der Waals surface area contributed by atoms with Crippen LogP contribution >= 0.6 is 11.8 Å². The van der Waals surface area contributed by atoms with Crippen LogP contribution in [0.25, 0.3) is 0 Å². The first-order valence-electron chi connectivity index (χ1n) is 6.43. The van der Waals surface area contributed by atoms with Gasteiger partial charge in [-0.25, -0.2) is 0 Å². The number of hydrogen-bond acceptors (Lipinski definition) is 5. The fourth-order valence-corrected chi connectivity index (χ4v) is 3.51. The zero-order valence-electron chi connectivity index (χ0n) is 11.3. The third kappa shape index (κ3) is 3.72. The fraction of sp³-hybridized carbons (Fsp3) is 0.500. The first-order chi connectivity index (χ1) is 9.56. The van der Waals surface area contributed by atoms with Crippen LogP contribution in [0.4, 0.5) is 5.69 Å². The topological polar surface area (TPSA) is 69.4 Å². The highest BCUT2D eigenvalue weighted by Crippen LogP contribution is 2.51. The molecule has 0 N–H and O–H groups in total. The second-order valence-electron chi connectivity index (χ2n) is 5.13. The Kier molecular flexibility index (Phi) is 4.65. The number of benzene rings is 1. The minimum absolute atomic E-state index is 0.0569. The Labute approximate surface area is 121 Å². The number of nitro groups is 1. The smallest absolute Gasteiger partial charge is 0.306 e. The second kappa shape index (κ2) is 6.26. The van der Waals surface area contributed by atoms with Crippen LogP contribution in [0.1, 0.15) is 24.8 Å². The molecule has 5 nitrogen and oxygen atoms in total. The maximum absolute atomic E-state index is 11.3. The van der Waals surface area contributed by atoms with Crippen molar-refractivity contribution >= 4 is 23.4 Å². The minimum Gasteiger partial charge on any atom is -0.469 e. The van der Waals surface area contributed by atoms with Crippen molar-refractivity contribution in [2.45, 2.75) is 25.0 Å². The number of nitrogens with zero attached hydrogens (tertiary/aromatic N) is 1. The quantitative estimate of drug-likeness (QED) is 0.439. The van der Waals surface area contributed by atoms with E-state index < -0.39 is 0 Å². The summed E-state index contributed by atoms with van der Waals surface area (Å²) in [5, 5.41) is 10.9. The summed E-state index contributed by atoms with van der Waals surface area (Å²) in [4.78, 5) is 21.9. The van der Waals surface area contributed by atoms with Crippen LogP contribution in [0.2, 0.25) is 0 Å². The predicted molar refractivity (Wildman–Crippen MR) is 77.6 cm³/mol. The Balaban J connectivity index is 1.88. The molecule has 1 aliphatic rings. The van der Waals surface area contributed by atoms with E-state index in [2.05, 4.69) is 0 Å². The molecule has 6 heteroatoms. The molecule has 0 aromatic heterocycles.